The smallest absolute Gasteiger partial charge is 0.359 e. The number of hydrogen-bond acceptors (Lipinski definition) is 6. The fourth-order valence-electron chi connectivity index (χ4n) is 4.43. The molecule has 2 aromatic heterocycles. The van der Waals surface area contributed by atoms with E-state index in [0.29, 0.717) is 34.6 Å². The predicted octanol–water partition coefficient (Wildman–Crippen LogP) is 6.56. The lowest BCUT2D eigenvalue weighted by Crippen LogP contribution is -2.35. The van der Waals surface area contributed by atoms with E-state index in [1.807, 2.05) is 32.0 Å². The van der Waals surface area contributed by atoms with Crippen molar-refractivity contribution in [3.05, 3.63) is 88.9 Å². The summed E-state index contributed by atoms with van der Waals surface area (Å²) >= 11 is 6.45. The minimum Gasteiger partial charge on any atom is -0.487 e. The summed E-state index contributed by atoms with van der Waals surface area (Å²) < 4.78 is 54.1. The second kappa shape index (κ2) is 12.7. The van der Waals surface area contributed by atoms with Gasteiger partial charge in [0, 0.05) is 16.6 Å². The molecule has 0 aliphatic carbocycles. The summed E-state index contributed by atoms with van der Waals surface area (Å²) in [7, 11) is 0. The van der Waals surface area contributed by atoms with Crippen LogP contribution in [0.15, 0.2) is 55.4 Å². The van der Waals surface area contributed by atoms with Gasteiger partial charge in [-0.2, -0.15) is 13.9 Å². The third kappa shape index (κ3) is 7.04. The highest BCUT2D eigenvalue weighted by Gasteiger charge is 2.30. The number of halogens is 4. The average Bonchev–Trinajstić information content (AvgIpc) is 3.35. The van der Waals surface area contributed by atoms with E-state index in [0.717, 1.165) is 28.9 Å². The summed E-state index contributed by atoms with van der Waals surface area (Å²) in [5, 5.41) is 7.80. The van der Waals surface area contributed by atoms with Gasteiger partial charge in [0.05, 0.1) is 23.2 Å². The molecule has 0 unspecified atom stereocenters. The first-order chi connectivity index (χ1) is 19.5. The van der Waals surface area contributed by atoms with Crippen LogP contribution in [0.5, 0.6) is 5.75 Å². The Balaban J connectivity index is 1.62. The van der Waals surface area contributed by atoms with Gasteiger partial charge in [-0.3, -0.25) is 4.79 Å². The number of alkyl halides is 2. The number of fused-ring (bicyclic) bond motifs is 1. The number of hydrogen-bond donors (Lipinski definition) is 1. The van der Waals surface area contributed by atoms with Crippen molar-refractivity contribution in [3.63, 3.8) is 0 Å². The summed E-state index contributed by atoms with van der Waals surface area (Å²) in [6, 6.07) is 9.00. The van der Waals surface area contributed by atoms with Gasteiger partial charge in [0.15, 0.2) is 0 Å². The van der Waals surface area contributed by atoms with Gasteiger partial charge >= 0.3 is 6.11 Å². The molecule has 0 bridgehead atoms. The Morgan fingerprint density at radius 1 is 1.27 bits per heavy atom. The second-order valence-electron chi connectivity index (χ2n) is 9.35. The topological polar surface area (TPSA) is 91.2 Å². The summed E-state index contributed by atoms with van der Waals surface area (Å²) in [5.41, 5.74) is 2.87. The van der Waals surface area contributed by atoms with Gasteiger partial charge < -0.3 is 14.8 Å². The molecule has 8 nitrogen and oxygen atoms in total. The molecule has 1 N–H and O–H groups in total. The number of aryl methyl sites for hydroxylation is 2. The molecule has 4 rings (SSSR count). The van der Waals surface area contributed by atoms with Crippen LogP contribution in [0.1, 0.15) is 48.5 Å². The summed E-state index contributed by atoms with van der Waals surface area (Å²) in [5.74, 6) is -0.261. The third-order valence-corrected chi connectivity index (χ3v) is 6.67. The number of nitrogens with zero attached hydrogens (tertiary/aromatic N) is 4. The fraction of sp³-hybridized carbons (Fsp3) is 0.310. The van der Waals surface area contributed by atoms with E-state index >= 15 is 0 Å². The number of aromatic nitrogens is 4. The van der Waals surface area contributed by atoms with Crippen molar-refractivity contribution < 1.29 is 27.4 Å². The minimum atomic E-state index is -3.53. The zero-order valence-corrected chi connectivity index (χ0v) is 23.5. The van der Waals surface area contributed by atoms with E-state index < -0.39 is 36.9 Å². The van der Waals surface area contributed by atoms with Gasteiger partial charge in [0.1, 0.15) is 42.4 Å². The van der Waals surface area contributed by atoms with Gasteiger partial charge in [-0.25, -0.2) is 19.0 Å². The van der Waals surface area contributed by atoms with Crippen molar-refractivity contribution in [2.45, 2.75) is 52.4 Å². The number of amides is 1. The van der Waals surface area contributed by atoms with Crippen LogP contribution in [0, 0.1) is 19.7 Å². The molecule has 0 radical (unpaired) electrons. The monoisotopic (exact) mass is 587 g/mol. The highest BCUT2D eigenvalue weighted by atomic mass is 35.5. The van der Waals surface area contributed by atoms with E-state index in [1.54, 1.807) is 17.7 Å². The Kier molecular flexibility index (Phi) is 9.29. The number of carbonyl (C=O) groups excluding carboxylic acids is 1. The standard InChI is InChI=1S/C29H29ClF3N5O3/c1-5-10-29(32,33)41-15-27(39)37-24(6-2)21-12-19(31)13-23(30)22(21)14-40-26-9-7-8-20-25(11-17(3)36-28(20)26)38-18(4)34-16-35-38/h5,7-9,11-13,16,24H,1,6,10,14-15H2,2-4H3,(H,37,39)/t24-/m0/s1. The van der Waals surface area contributed by atoms with E-state index in [9.17, 15) is 18.0 Å². The molecule has 4 aromatic rings. The van der Waals surface area contributed by atoms with Crippen LogP contribution in [0.4, 0.5) is 13.2 Å². The maximum atomic E-state index is 14.5. The molecule has 1 amide bonds. The van der Waals surface area contributed by atoms with E-state index in [4.69, 9.17) is 16.3 Å². The van der Waals surface area contributed by atoms with Crippen LogP contribution in [0.3, 0.4) is 0 Å². The molecule has 2 aromatic carbocycles. The molecule has 41 heavy (non-hydrogen) atoms. The molecule has 216 valence electrons. The van der Waals surface area contributed by atoms with E-state index in [-0.39, 0.29) is 11.6 Å². The number of carbonyl (C=O) groups is 1. The lowest BCUT2D eigenvalue weighted by atomic mass is 9.98. The SMILES string of the molecule is C=CCC(F)(F)OCC(=O)N[C@@H](CC)c1cc(F)cc(Cl)c1COc1cccc2c(-n3ncnc3C)cc(C)nc12. The molecular weight excluding hydrogens is 559 g/mol. The molecule has 0 saturated heterocycles. The number of ether oxygens (including phenoxy) is 2. The van der Waals surface area contributed by atoms with Crippen LogP contribution in [-0.2, 0) is 16.1 Å². The van der Waals surface area contributed by atoms with Crippen molar-refractivity contribution in [3.8, 4) is 11.4 Å². The molecule has 0 saturated carbocycles. The Bertz CT molecular complexity index is 1580. The molecule has 0 aliphatic rings. The van der Waals surface area contributed by atoms with Crippen molar-refractivity contribution in [1.29, 1.82) is 0 Å². The zero-order chi connectivity index (χ0) is 29.7. The Hall–Kier alpha value is -3.96. The van der Waals surface area contributed by atoms with Crippen molar-refractivity contribution >= 4 is 28.4 Å². The highest BCUT2D eigenvalue weighted by molar-refractivity contribution is 6.31. The molecule has 12 heteroatoms. The number of pyridine rings is 1. The number of nitrogens with one attached hydrogen (secondary N) is 1. The Labute approximate surface area is 240 Å². The summed E-state index contributed by atoms with van der Waals surface area (Å²) in [4.78, 5) is 21.3. The van der Waals surface area contributed by atoms with Crippen LogP contribution in [-0.4, -0.2) is 38.4 Å². The van der Waals surface area contributed by atoms with E-state index in [1.165, 1.54) is 12.4 Å². The van der Waals surface area contributed by atoms with Gasteiger partial charge in [-0.05, 0) is 50.1 Å². The molecular formula is C29H29ClF3N5O3. The lowest BCUT2D eigenvalue weighted by molar-refractivity contribution is -0.233. The number of benzene rings is 2. The quantitative estimate of drug-likeness (QED) is 0.189. The normalized spacial score (nSPS) is 12.4. The molecule has 0 aliphatic heterocycles. The first-order valence-corrected chi connectivity index (χ1v) is 13.2. The minimum absolute atomic E-state index is 0.0822. The van der Waals surface area contributed by atoms with Crippen LogP contribution in [0.2, 0.25) is 5.02 Å². The first-order valence-electron chi connectivity index (χ1n) is 12.8. The van der Waals surface area contributed by atoms with Crippen LogP contribution < -0.4 is 10.1 Å². The maximum Gasteiger partial charge on any atom is 0.359 e. The predicted molar refractivity (Wildman–Crippen MR) is 149 cm³/mol. The van der Waals surface area contributed by atoms with Gasteiger partial charge in [0.25, 0.3) is 0 Å². The molecule has 1 atom stereocenters. The van der Waals surface area contributed by atoms with Gasteiger partial charge in [-0.1, -0.05) is 36.7 Å². The van der Waals surface area contributed by atoms with E-state index in [2.05, 4.69) is 31.7 Å². The number of rotatable bonds is 12. The molecule has 0 fully saturated rings. The fourth-order valence-corrected chi connectivity index (χ4v) is 4.69. The van der Waals surface area contributed by atoms with Crippen molar-refractivity contribution in [2.75, 3.05) is 6.61 Å². The van der Waals surface area contributed by atoms with Crippen molar-refractivity contribution in [1.82, 2.24) is 25.1 Å². The first kappa shape index (κ1) is 30.0. The summed E-state index contributed by atoms with van der Waals surface area (Å²) in [6.07, 6.45) is -1.48. The summed E-state index contributed by atoms with van der Waals surface area (Å²) in [6.45, 7) is 7.73. The molecule has 0 spiro atoms. The highest BCUT2D eigenvalue weighted by Crippen LogP contribution is 2.33. The largest absolute Gasteiger partial charge is 0.487 e. The Morgan fingerprint density at radius 3 is 2.73 bits per heavy atom. The number of para-hydroxylation sites is 1. The average molecular weight is 588 g/mol. The van der Waals surface area contributed by atoms with Crippen molar-refractivity contribution in [2.24, 2.45) is 0 Å². The molecule has 2 heterocycles. The van der Waals surface area contributed by atoms with Crippen LogP contribution in [0.25, 0.3) is 16.6 Å². The lowest BCUT2D eigenvalue weighted by Gasteiger charge is -2.23. The van der Waals surface area contributed by atoms with Crippen LogP contribution >= 0.6 is 11.6 Å². The second-order valence-corrected chi connectivity index (χ2v) is 9.75. The van der Waals surface area contributed by atoms with Gasteiger partial charge in [0.2, 0.25) is 5.91 Å². The maximum absolute atomic E-state index is 14.5. The third-order valence-electron chi connectivity index (χ3n) is 6.34. The van der Waals surface area contributed by atoms with Gasteiger partial charge in [-0.15, -0.1) is 6.58 Å². The Morgan fingerprint density at radius 2 is 2.05 bits per heavy atom. The zero-order valence-electron chi connectivity index (χ0n) is 22.8.